The highest BCUT2D eigenvalue weighted by Crippen LogP contribution is 2.46. The zero-order valence-electron chi connectivity index (χ0n) is 20.2. The molecule has 3 N–H and O–H groups in total. The maximum absolute atomic E-state index is 14.2. The zero-order chi connectivity index (χ0) is 25.5. The first kappa shape index (κ1) is 24.5. The number of benzene rings is 1. The van der Waals surface area contributed by atoms with Crippen LogP contribution in [0.2, 0.25) is 0 Å². The largest absolute Gasteiger partial charge is 0.413 e. The number of alkyl halides is 3. The van der Waals surface area contributed by atoms with Gasteiger partial charge in [-0.15, -0.1) is 0 Å². The Morgan fingerprint density at radius 3 is 2.44 bits per heavy atom. The molecule has 1 amide bonds. The van der Waals surface area contributed by atoms with Gasteiger partial charge in [0.15, 0.2) is 6.04 Å². The van der Waals surface area contributed by atoms with Gasteiger partial charge in [-0.3, -0.25) is 14.8 Å². The Hall–Kier alpha value is -3.20. The summed E-state index contributed by atoms with van der Waals surface area (Å²) in [6, 6.07) is 7.72. The summed E-state index contributed by atoms with van der Waals surface area (Å²) in [5.74, 6) is -0.264. The van der Waals surface area contributed by atoms with Crippen molar-refractivity contribution in [3.8, 4) is 0 Å². The third kappa shape index (κ3) is 4.76. The number of nitrogens with two attached hydrogens (primary N) is 1. The van der Waals surface area contributed by atoms with Crippen LogP contribution in [-0.2, 0) is 4.79 Å². The molecular formula is C27H30F3N5O. The Morgan fingerprint density at radius 2 is 1.81 bits per heavy atom. The molecule has 0 radical (unpaired) electrons. The number of nitrogens with one attached hydrogen (secondary N) is 1. The van der Waals surface area contributed by atoms with Crippen LogP contribution in [0.3, 0.4) is 0 Å². The fourth-order valence-corrected chi connectivity index (χ4v) is 5.33. The van der Waals surface area contributed by atoms with E-state index in [-0.39, 0.29) is 5.56 Å². The van der Waals surface area contributed by atoms with Gasteiger partial charge in [-0.1, -0.05) is 31.4 Å². The fourth-order valence-electron chi connectivity index (χ4n) is 5.33. The average Bonchev–Trinajstić information content (AvgIpc) is 3.69. The van der Waals surface area contributed by atoms with E-state index in [2.05, 4.69) is 15.3 Å². The molecule has 5 rings (SSSR count). The van der Waals surface area contributed by atoms with E-state index in [0.29, 0.717) is 24.4 Å². The average molecular weight is 498 g/mol. The molecule has 0 bridgehead atoms. The number of anilines is 2. The summed E-state index contributed by atoms with van der Waals surface area (Å²) < 4.78 is 42.6. The van der Waals surface area contributed by atoms with E-state index in [1.807, 2.05) is 12.1 Å². The lowest BCUT2D eigenvalue weighted by atomic mass is 9.81. The van der Waals surface area contributed by atoms with Crippen molar-refractivity contribution >= 4 is 28.3 Å². The van der Waals surface area contributed by atoms with Gasteiger partial charge in [-0.05, 0) is 61.4 Å². The van der Waals surface area contributed by atoms with Crippen molar-refractivity contribution < 1.29 is 18.0 Å². The highest BCUT2D eigenvalue weighted by Gasteiger charge is 2.49. The Bertz CT molecular complexity index is 1250. The van der Waals surface area contributed by atoms with Crippen LogP contribution in [0.25, 0.3) is 11.0 Å². The number of pyridine rings is 2. The predicted molar refractivity (Wildman–Crippen MR) is 133 cm³/mol. The molecule has 0 aliphatic heterocycles. The van der Waals surface area contributed by atoms with Gasteiger partial charge in [0.2, 0.25) is 5.91 Å². The van der Waals surface area contributed by atoms with Crippen LogP contribution >= 0.6 is 0 Å². The van der Waals surface area contributed by atoms with Crippen molar-refractivity contribution in [3.05, 3.63) is 59.9 Å². The van der Waals surface area contributed by atoms with Crippen LogP contribution in [0.4, 0.5) is 24.5 Å². The van der Waals surface area contributed by atoms with E-state index < -0.39 is 23.7 Å². The van der Waals surface area contributed by atoms with Crippen LogP contribution in [-0.4, -0.2) is 39.5 Å². The number of aromatic nitrogens is 2. The predicted octanol–water partition coefficient (Wildman–Crippen LogP) is 5.97. The van der Waals surface area contributed by atoms with Crippen LogP contribution < -0.4 is 11.1 Å². The lowest BCUT2D eigenvalue weighted by molar-refractivity contribution is -0.191. The second kappa shape index (κ2) is 9.35. The zero-order valence-corrected chi connectivity index (χ0v) is 20.2. The first-order chi connectivity index (χ1) is 17.2. The first-order valence-corrected chi connectivity index (χ1v) is 12.4. The lowest BCUT2D eigenvalue weighted by Crippen LogP contribution is -2.57. The summed E-state index contributed by atoms with van der Waals surface area (Å²) in [4.78, 5) is 22.9. The summed E-state index contributed by atoms with van der Waals surface area (Å²) in [6.07, 6.45) is 4.23. The molecule has 2 saturated carbocycles. The van der Waals surface area contributed by atoms with Crippen molar-refractivity contribution in [1.29, 1.82) is 0 Å². The molecule has 2 fully saturated rings. The molecule has 36 heavy (non-hydrogen) atoms. The van der Waals surface area contributed by atoms with Crippen molar-refractivity contribution in [1.82, 2.24) is 14.9 Å². The number of hydrogen-bond donors (Lipinski definition) is 2. The lowest BCUT2D eigenvalue weighted by Gasteiger charge is -2.39. The molecule has 1 atom stereocenters. The second-order valence-corrected chi connectivity index (χ2v) is 10.1. The maximum atomic E-state index is 14.2. The number of hydrogen-bond acceptors (Lipinski definition) is 5. The molecule has 6 nitrogen and oxygen atoms in total. The molecule has 0 saturated heterocycles. The van der Waals surface area contributed by atoms with Crippen molar-refractivity contribution in [3.63, 3.8) is 0 Å². The van der Waals surface area contributed by atoms with E-state index in [9.17, 15) is 18.0 Å². The topological polar surface area (TPSA) is 84.1 Å². The molecule has 1 aromatic carbocycles. The number of rotatable bonds is 6. The summed E-state index contributed by atoms with van der Waals surface area (Å²) in [7, 11) is 1.20. The Balaban J connectivity index is 1.40. The third-order valence-electron chi connectivity index (χ3n) is 7.34. The Morgan fingerprint density at radius 1 is 1.11 bits per heavy atom. The highest BCUT2D eigenvalue weighted by atomic mass is 19.4. The molecule has 0 unspecified atom stereocenters. The van der Waals surface area contributed by atoms with Crippen molar-refractivity contribution in [2.75, 3.05) is 12.4 Å². The van der Waals surface area contributed by atoms with E-state index in [1.54, 1.807) is 24.5 Å². The number of carbonyl (C=O) groups excluding carboxylic acids is 1. The first-order valence-electron chi connectivity index (χ1n) is 12.4. The standard InChI is InChI=1S/C27H30F3N5O/c1-35(25(36)26(31)13-3-2-4-14-26)24(27(28,29)30)18-9-11-19(12-10-18)34-21-16-33-20-6-5-15-32-23(20)22(21)17-7-8-17/h5-6,9-12,15-17,24,34H,2-4,7-8,13-14,31H2,1H3/t24-/m0/s1. The third-order valence-corrected chi connectivity index (χ3v) is 7.34. The van der Waals surface area contributed by atoms with Crippen LogP contribution in [0.15, 0.2) is 48.8 Å². The molecule has 3 aromatic rings. The molecule has 2 aliphatic carbocycles. The molecule has 2 heterocycles. The summed E-state index contributed by atoms with van der Waals surface area (Å²) in [5.41, 5.74) is 9.21. The van der Waals surface area contributed by atoms with Gasteiger partial charge in [-0.25, -0.2) is 0 Å². The Labute approximate surface area is 208 Å². The normalized spacial score (nSPS) is 18.6. The van der Waals surface area contributed by atoms with Crippen molar-refractivity contribution in [2.24, 2.45) is 5.73 Å². The molecule has 2 aromatic heterocycles. The van der Waals surface area contributed by atoms with E-state index >= 15 is 0 Å². The SMILES string of the molecule is CN(C(=O)C1(N)CCCCC1)[C@@H](c1ccc(Nc2cnc3cccnc3c2C2CC2)cc1)C(F)(F)F. The van der Waals surface area contributed by atoms with Crippen LogP contribution in [0.5, 0.6) is 0 Å². The Kier molecular flexibility index (Phi) is 6.36. The van der Waals surface area contributed by atoms with Gasteiger partial charge in [-0.2, -0.15) is 13.2 Å². The number of fused-ring (bicyclic) bond motifs is 1. The van der Waals surface area contributed by atoms with Crippen LogP contribution in [0.1, 0.15) is 68.0 Å². The molecule has 0 spiro atoms. The molecule has 2 aliphatic rings. The number of likely N-dealkylation sites (N-methyl/N-ethyl adjacent to an activating group) is 1. The highest BCUT2D eigenvalue weighted by molar-refractivity contribution is 5.87. The monoisotopic (exact) mass is 497 g/mol. The molecule has 9 heteroatoms. The van der Waals surface area contributed by atoms with Gasteiger partial charge in [0.1, 0.15) is 0 Å². The number of halogens is 3. The van der Waals surface area contributed by atoms with E-state index in [1.165, 1.54) is 19.2 Å². The minimum atomic E-state index is -4.64. The smallest absolute Gasteiger partial charge is 0.354 e. The minimum Gasteiger partial charge on any atom is -0.354 e. The minimum absolute atomic E-state index is 0.0102. The molecule has 190 valence electrons. The van der Waals surface area contributed by atoms with Gasteiger partial charge < -0.3 is 16.0 Å². The maximum Gasteiger partial charge on any atom is 0.413 e. The van der Waals surface area contributed by atoms with Gasteiger partial charge in [0.05, 0.1) is 28.5 Å². The fraction of sp³-hybridized carbons (Fsp3) is 0.444. The van der Waals surface area contributed by atoms with Gasteiger partial charge in [0, 0.05) is 24.5 Å². The summed E-state index contributed by atoms with van der Waals surface area (Å²) in [6.45, 7) is 0. The van der Waals surface area contributed by atoms with Crippen LogP contribution in [0, 0.1) is 0 Å². The van der Waals surface area contributed by atoms with E-state index in [4.69, 9.17) is 5.73 Å². The second-order valence-electron chi connectivity index (χ2n) is 10.1. The molecular weight excluding hydrogens is 467 g/mol. The summed E-state index contributed by atoms with van der Waals surface area (Å²) >= 11 is 0. The quantitative estimate of drug-likeness (QED) is 0.438. The van der Waals surface area contributed by atoms with Gasteiger partial charge >= 0.3 is 6.18 Å². The van der Waals surface area contributed by atoms with Crippen molar-refractivity contribution in [2.45, 2.75) is 68.6 Å². The van der Waals surface area contributed by atoms with Gasteiger partial charge in [0.25, 0.3) is 0 Å². The number of amides is 1. The number of nitrogens with zero attached hydrogens (tertiary/aromatic N) is 3. The van der Waals surface area contributed by atoms with E-state index in [0.717, 1.165) is 59.3 Å². The summed E-state index contributed by atoms with van der Waals surface area (Å²) in [5, 5.41) is 3.32. The number of carbonyl (C=O) groups is 1.